The molecule has 1 rings (SSSR count). The van der Waals surface area contributed by atoms with Crippen molar-refractivity contribution < 1.29 is 13.2 Å². The number of amides is 1. The van der Waals surface area contributed by atoms with E-state index in [1.54, 1.807) is 13.8 Å². The van der Waals surface area contributed by atoms with E-state index in [1.165, 1.54) is 24.3 Å². The van der Waals surface area contributed by atoms with E-state index in [2.05, 4.69) is 5.32 Å². The van der Waals surface area contributed by atoms with Crippen LogP contribution in [0.5, 0.6) is 0 Å². The van der Waals surface area contributed by atoms with Crippen LogP contribution in [-0.2, 0) is 9.84 Å². The van der Waals surface area contributed by atoms with Crippen LogP contribution in [0.1, 0.15) is 24.2 Å². The number of carbonyl (C=O) groups is 1. The van der Waals surface area contributed by atoms with Gasteiger partial charge in [0, 0.05) is 18.7 Å². The van der Waals surface area contributed by atoms with Crippen LogP contribution in [0.4, 0.5) is 0 Å². The minimum Gasteiger partial charge on any atom is -0.351 e. The Labute approximate surface area is 119 Å². The molecule has 0 aliphatic rings. The highest BCUT2D eigenvalue weighted by atomic mass is 35.5. The van der Waals surface area contributed by atoms with E-state index < -0.39 is 15.1 Å². The number of carbonyl (C=O) groups excluding carboxylic acids is 1. The van der Waals surface area contributed by atoms with E-state index in [1.807, 2.05) is 0 Å². The Morgan fingerprint density at radius 1 is 1.26 bits per heavy atom. The number of hydrogen-bond acceptors (Lipinski definition) is 4. The summed E-state index contributed by atoms with van der Waals surface area (Å²) in [6.07, 6.45) is 0. The summed E-state index contributed by atoms with van der Waals surface area (Å²) in [5, 5.41) is 2.14. The largest absolute Gasteiger partial charge is 0.351 e. The summed E-state index contributed by atoms with van der Waals surface area (Å²) in [5.74, 6) is -0.256. The second-order valence-electron chi connectivity index (χ2n) is 4.16. The Morgan fingerprint density at radius 3 is 2.21 bits per heavy atom. The molecule has 0 fully saturated rings. The summed E-state index contributed by atoms with van der Waals surface area (Å²) in [4.78, 5) is 11.8. The fraction of sp³-hybridized carbons (Fsp3) is 0.417. The third-order valence-electron chi connectivity index (χ3n) is 2.50. The Hall–Kier alpha value is -1.11. The van der Waals surface area contributed by atoms with Crippen LogP contribution in [0.15, 0.2) is 29.2 Å². The molecule has 0 aromatic heterocycles. The summed E-state index contributed by atoms with van der Waals surface area (Å²) in [5.41, 5.74) is 5.70. The van der Waals surface area contributed by atoms with Crippen molar-refractivity contribution in [2.24, 2.45) is 5.73 Å². The molecule has 0 atom stereocenters. The highest BCUT2D eigenvalue weighted by molar-refractivity contribution is 7.92. The number of halogens is 1. The Morgan fingerprint density at radius 2 is 1.79 bits per heavy atom. The van der Waals surface area contributed by atoms with Gasteiger partial charge in [-0.15, -0.1) is 12.4 Å². The SMILES string of the molecule is CC(C)S(=O)(=O)c1ccc(C(=O)NCCN)cc1.Cl. The average Bonchev–Trinajstić information content (AvgIpc) is 2.35. The molecule has 7 heteroatoms. The van der Waals surface area contributed by atoms with Gasteiger partial charge in [0.25, 0.3) is 5.91 Å². The molecule has 0 saturated carbocycles. The number of hydrogen-bond donors (Lipinski definition) is 2. The molecule has 108 valence electrons. The Balaban J connectivity index is 0.00000324. The van der Waals surface area contributed by atoms with Gasteiger partial charge in [0.05, 0.1) is 10.1 Å². The number of sulfone groups is 1. The van der Waals surface area contributed by atoms with E-state index in [0.29, 0.717) is 18.7 Å². The van der Waals surface area contributed by atoms with Crippen molar-refractivity contribution in [3.63, 3.8) is 0 Å². The first kappa shape index (κ1) is 17.9. The summed E-state index contributed by atoms with van der Waals surface area (Å²) in [7, 11) is -3.29. The predicted molar refractivity (Wildman–Crippen MR) is 77.4 cm³/mol. The van der Waals surface area contributed by atoms with Gasteiger partial charge >= 0.3 is 0 Å². The second-order valence-corrected chi connectivity index (χ2v) is 6.67. The Bertz CT molecular complexity index is 512. The first-order valence-electron chi connectivity index (χ1n) is 5.72. The topological polar surface area (TPSA) is 89.3 Å². The number of nitrogens with two attached hydrogens (primary N) is 1. The smallest absolute Gasteiger partial charge is 0.251 e. The third-order valence-corrected chi connectivity index (χ3v) is 4.67. The summed E-state index contributed by atoms with van der Waals surface area (Å²) < 4.78 is 23.7. The van der Waals surface area contributed by atoms with E-state index >= 15 is 0 Å². The second kappa shape index (κ2) is 7.47. The minimum absolute atomic E-state index is 0. The van der Waals surface area contributed by atoms with Gasteiger partial charge in [0.15, 0.2) is 9.84 Å². The molecule has 0 radical (unpaired) electrons. The van der Waals surface area contributed by atoms with Gasteiger partial charge in [0.1, 0.15) is 0 Å². The van der Waals surface area contributed by atoms with Crippen LogP contribution in [0.3, 0.4) is 0 Å². The molecule has 5 nitrogen and oxygen atoms in total. The van der Waals surface area contributed by atoms with Crippen molar-refractivity contribution in [2.75, 3.05) is 13.1 Å². The standard InChI is InChI=1S/C12H18N2O3S.ClH/c1-9(2)18(16,17)11-5-3-10(4-6-11)12(15)14-8-7-13;/h3-6,9H,7-8,13H2,1-2H3,(H,14,15);1H. The first-order valence-corrected chi connectivity index (χ1v) is 7.26. The van der Waals surface area contributed by atoms with Gasteiger partial charge < -0.3 is 11.1 Å². The van der Waals surface area contributed by atoms with Crippen LogP contribution in [0.2, 0.25) is 0 Å². The number of benzene rings is 1. The molecule has 0 spiro atoms. The van der Waals surface area contributed by atoms with E-state index in [0.717, 1.165) is 0 Å². The van der Waals surface area contributed by atoms with Gasteiger partial charge in [0.2, 0.25) is 0 Å². The Kier molecular flexibility index (Phi) is 7.04. The van der Waals surface area contributed by atoms with Crippen LogP contribution in [0, 0.1) is 0 Å². The quantitative estimate of drug-likeness (QED) is 0.848. The highest BCUT2D eigenvalue weighted by Crippen LogP contribution is 2.16. The molecule has 3 N–H and O–H groups in total. The summed E-state index contributed by atoms with van der Waals surface area (Å²) in [6, 6.07) is 5.90. The molecular formula is C12H19ClN2O3S. The maximum absolute atomic E-state index is 11.9. The zero-order valence-corrected chi connectivity index (χ0v) is 12.6. The van der Waals surface area contributed by atoms with Gasteiger partial charge in [-0.05, 0) is 38.1 Å². The molecular weight excluding hydrogens is 288 g/mol. The highest BCUT2D eigenvalue weighted by Gasteiger charge is 2.19. The average molecular weight is 307 g/mol. The normalized spacial score (nSPS) is 10.9. The molecule has 1 aromatic carbocycles. The summed E-state index contributed by atoms with van der Waals surface area (Å²) >= 11 is 0. The van der Waals surface area contributed by atoms with Gasteiger partial charge in [-0.2, -0.15) is 0 Å². The lowest BCUT2D eigenvalue weighted by molar-refractivity contribution is 0.0954. The van der Waals surface area contributed by atoms with Crippen LogP contribution in [-0.4, -0.2) is 32.7 Å². The van der Waals surface area contributed by atoms with Crippen LogP contribution < -0.4 is 11.1 Å². The molecule has 0 heterocycles. The van der Waals surface area contributed by atoms with Crippen molar-refractivity contribution in [1.29, 1.82) is 0 Å². The molecule has 0 saturated heterocycles. The minimum atomic E-state index is -3.29. The molecule has 0 aliphatic heterocycles. The van der Waals surface area contributed by atoms with E-state index in [-0.39, 0.29) is 23.2 Å². The zero-order chi connectivity index (χ0) is 13.8. The van der Waals surface area contributed by atoms with Gasteiger partial charge in [-0.3, -0.25) is 4.79 Å². The fourth-order valence-electron chi connectivity index (χ4n) is 1.36. The van der Waals surface area contributed by atoms with Crippen molar-refractivity contribution >= 4 is 28.2 Å². The summed E-state index contributed by atoms with van der Waals surface area (Å²) in [6.45, 7) is 4.00. The number of rotatable bonds is 5. The van der Waals surface area contributed by atoms with Gasteiger partial charge in [-0.1, -0.05) is 0 Å². The third kappa shape index (κ3) is 4.49. The predicted octanol–water partition coefficient (Wildman–Crippen LogP) is 0.979. The molecule has 0 unspecified atom stereocenters. The van der Waals surface area contributed by atoms with E-state index in [9.17, 15) is 13.2 Å². The lowest BCUT2D eigenvalue weighted by atomic mass is 10.2. The van der Waals surface area contributed by atoms with E-state index in [4.69, 9.17) is 5.73 Å². The van der Waals surface area contributed by atoms with Crippen molar-refractivity contribution in [3.8, 4) is 0 Å². The monoisotopic (exact) mass is 306 g/mol. The van der Waals surface area contributed by atoms with Gasteiger partial charge in [-0.25, -0.2) is 8.42 Å². The van der Waals surface area contributed by atoms with Crippen molar-refractivity contribution in [3.05, 3.63) is 29.8 Å². The lowest BCUT2D eigenvalue weighted by Crippen LogP contribution is -2.29. The fourth-order valence-corrected chi connectivity index (χ4v) is 2.42. The molecule has 1 aromatic rings. The maximum Gasteiger partial charge on any atom is 0.251 e. The molecule has 19 heavy (non-hydrogen) atoms. The van der Waals surface area contributed by atoms with Crippen LogP contribution >= 0.6 is 12.4 Å². The molecule has 0 aliphatic carbocycles. The number of nitrogens with one attached hydrogen (secondary N) is 1. The van der Waals surface area contributed by atoms with Crippen molar-refractivity contribution in [2.45, 2.75) is 24.0 Å². The zero-order valence-electron chi connectivity index (χ0n) is 10.9. The maximum atomic E-state index is 11.9. The lowest BCUT2D eigenvalue weighted by Gasteiger charge is -2.08. The van der Waals surface area contributed by atoms with Crippen molar-refractivity contribution in [1.82, 2.24) is 5.32 Å². The molecule has 0 bridgehead atoms. The molecule has 1 amide bonds. The first-order chi connectivity index (χ1) is 8.39. The van der Waals surface area contributed by atoms with Crippen LogP contribution in [0.25, 0.3) is 0 Å².